The number of carbonyl (C=O) groups excluding carboxylic acids is 1. The summed E-state index contributed by atoms with van der Waals surface area (Å²) in [4.78, 5) is 16.9. The van der Waals surface area contributed by atoms with Crippen LogP contribution in [0.3, 0.4) is 0 Å². The van der Waals surface area contributed by atoms with Crippen molar-refractivity contribution in [2.75, 3.05) is 0 Å². The minimum atomic E-state index is -0.393. The molecule has 3 aromatic rings. The SMILES string of the molecule is NC(=O)c1ccc(-c2cnc3ccccn23)s1. The molecule has 0 fully saturated rings. The third kappa shape index (κ3) is 1.60. The molecule has 1 amide bonds. The Morgan fingerprint density at radius 1 is 1.29 bits per heavy atom. The van der Waals surface area contributed by atoms with Gasteiger partial charge in [-0.3, -0.25) is 9.20 Å². The fourth-order valence-electron chi connectivity index (χ4n) is 1.72. The van der Waals surface area contributed by atoms with Gasteiger partial charge in [0.1, 0.15) is 5.65 Å². The van der Waals surface area contributed by atoms with Crippen molar-refractivity contribution in [1.82, 2.24) is 9.38 Å². The van der Waals surface area contributed by atoms with Gasteiger partial charge in [0, 0.05) is 6.20 Å². The number of aromatic nitrogens is 2. The van der Waals surface area contributed by atoms with Gasteiger partial charge in [0.2, 0.25) is 0 Å². The zero-order valence-corrected chi connectivity index (χ0v) is 9.65. The summed E-state index contributed by atoms with van der Waals surface area (Å²) < 4.78 is 1.98. The summed E-state index contributed by atoms with van der Waals surface area (Å²) in [7, 11) is 0. The smallest absolute Gasteiger partial charge is 0.258 e. The van der Waals surface area contributed by atoms with Crippen molar-refractivity contribution in [3.05, 3.63) is 47.6 Å². The summed E-state index contributed by atoms with van der Waals surface area (Å²) >= 11 is 1.38. The lowest BCUT2D eigenvalue weighted by Crippen LogP contribution is -2.07. The van der Waals surface area contributed by atoms with E-state index in [0.717, 1.165) is 16.2 Å². The Labute approximate surface area is 101 Å². The molecule has 0 aliphatic carbocycles. The first kappa shape index (κ1) is 10.0. The Bertz CT molecular complexity index is 698. The van der Waals surface area contributed by atoms with Gasteiger partial charge >= 0.3 is 0 Å². The van der Waals surface area contributed by atoms with Gasteiger partial charge in [-0.2, -0.15) is 0 Å². The molecule has 17 heavy (non-hydrogen) atoms. The molecular weight excluding hydrogens is 234 g/mol. The van der Waals surface area contributed by atoms with Crippen molar-refractivity contribution < 1.29 is 4.79 Å². The quantitative estimate of drug-likeness (QED) is 0.749. The minimum Gasteiger partial charge on any atom is -0.365 e. The second-order valence-corrected chi connectivity index (χ2v) is 4.68. The standard InChI is InChI=1S/C12H9N3OS/c13-12(16)10-5-4-9(17-10)8-7-14-11-3-1-2-6-15(8)11/h1-7H,(H2,13,16). The lowest BCUT2D eigenvalue weighted by atomic mass is 10.3. The average molecular weight is 243 g/mol. The fraction of sp³-hybridized carbons (Fsp3) is 0. The Kier molecular flexibility index (Phi) is 2.19. The molecule has 4 nitrogen and oxygen atoms in total. The van der Waals surface area contributed by atoms with Gasteiger partial charge in [-0.05, 0) is 24.3 Å². The van der Waals surface area contributed by atoms with Crippen LogP contribution >= 0.6 is 11.3 Å². The van der Waals surface area contributed by atoms with E-state index in [4.69, 9.17) is 5.73 Å². The predicted molar refractivity (Wildman–Crippen MR) is 67.0 cm³/mol. The van der Waals surface area contributed by atoms with Crippen LogP contribution in [0.5, 0.6) is 0 Å². The maximum Gasteiger partial charge on any atom is 0.258 e. The lowest BCUT2D eigenvalue weighted by molar-refractivity contribution is 0.100. The van der Waals surface area contributed by atoms with Crippen LogP contribution in [-0.2, 0) is 0 Å². The molecule has 0 atom stereocenters. The highest BCUT2D eigenvalue weighted by atomic mass is 32.1. The maximum absolute atomic E-state index is 11.1. The van der Waals surface area contributed by atoms with Crippen LogP contribution in [0.1, 0.15) is 9.67 Å². The molecule has 3 aromatic heterocycles. The van der Waals surface area contributed by atoms with Crippen LogP contribution in [0.25, 0.3) is 16.2 Å². The second-order valence-electron chi connectivity index (χ2n) is 3.60. The number of fused-ring (bicyclic) bond motifs is 1. The number of carbonyl (C=O) groups is 1. The first-order valence-electron chi connectivity index (χ1n) is 5.08. The molecule has 0 aliphatic rings. The van der Waals surface area contributed by atoms with Crippen LogP contribution in [0.15, 0.2) is 42.7 Å². The van der Waals surface area contributed by atoms with E-state index in [2.05, 4.69) is 4.98 Å². The van der Waals surface area contributed by atoms with E-state index in [1.54, 1.807) is 12.3 Å². The van der Waals surface area contributed by atoms with E-state index < -0.39 is 5.91 Å². The van der Waals surface area contributed by atoms with Crippen molar-refractivity contribution in [2.45, 2.75) is 0 Å². The molecule has 2 N–H and O–H groups in total. The first-order chi connectivity index (χ1) is 8.25. The molecule has 0 saturated heterocycles. The summed E-state index contributed by atoms with van der Waals surface area (Å²) in [5.41, 5.74) is 7.10. The van der Waals surface area contributed by atoms with Gasteiger partial charge in [0.25, 0.3) is 5.91 Å². The van der Waals surface area contributed by atoms with Crippen LogP contribution < -0.4 is 5.73 Å². The van der Waals surface area contributed by atoms with Crippen LogP contribution in [-0.4, -0.2) is 15.3 Å². The monoisotopic (exact) mass is 243 g/mol. The van der Waals surface area contributed by atoms with Crippen molar-refractivity contribution in [2.24, 2.45) is 5.73 Å². The predicted octanol–water partition coefficient (Wildman–Crippen LogP) is 2.16. The molecule has 0 spiro atoms. The molecule has 0 saturated carbocycles. The first-order valence-corrected chi connectivity index (χ1v) is 5.89. The number of amides is 1. The normalized spacial score (nSPS) is 10.8. The number of nitrogens with two attached hydrogens (primary N) is 1. The van der Waals surface area contributed by atoms with Crippen LogP contribution in [0.4, 0.5) is 0 Å². The molecule has 84 valence electrons. The molecule has 0 radical (unpaired) electrons. The van der Waals surface area contributed by atoms with Crippen molar-refractivity contribution in [3.8, 4) is 10.6 Å². The molecule has 0 bridgehead atoms. The van der Waals surface area contributed by atoms with E-state index in [0.29, 0.717) is 4.88 Å². The Balaban J connectivity index is 2.17. The third-order valence-electron chi connectivity index (χ3n) is 2.52. The highest BCUT2D eigenvalue weighted by Crippen LogP contribution is 2.28. The maximum atomic E-state index is 11.1. The molecule has 3 rings (SSSR count). The van der Waals surface area contributed by atoms with E-state index in [-0.39, 0.29) is 0 Å². The van der Waals surface area contributed by atoms with Gasteiger partial charge < -0.3 is 5.73 Å². The molecule has 0 aromatic carbocycles. The Morgan fingerprint density at radius 3 is 2.94 bits per heavy atom. The number of hydrogen-bond acceptors (Lipinski definition) is 3. The summed E-state index contributed by atoms with van der Waals surface area (Å²) in [6.45, 7) is 0. The topological polar surface area (TPSA) is 60.4 Å². The largest absolute Gasteiger partial charge is 0.365 e. The average Bonchev–Trinajstić information content (AvgIpc) is 2.95. The number of nitrogens with zero attached hydrogens (tertiary/aromatic N) is 2. The van der Waals surface area contributed by atoms with Gasteiger partial charge in [0.15, 0.2) is 0 Å². The summed E-state index contributed by atoms with van der Waals surface area (Å²) in [6, 6.07) is 9.45. The fourth-order valence-corrected chi connectivity index (χ4v) is 2.59. The summed E-state index contributed by atoms with van der Waals surface area (Å²) in [5, 5.41) is 0. The van der Waals surface area contributed by atoms with E-state index in [1.807, 2.05) is 34.9 Å². The van der Waals surface area contributed by atoms with Crippen molar-refractivity contribution in [1.29, 1.82) is 0 Å². The Hall–Kier alpha value is -2.14. The lowest BCUT2D eigenvalue weighted by Gasteiger charge is -1.97. The van der Waals surface area contributed by atoms with Gasteiger partial charge in [-0.25, -0.2) is 4.98 Å². The number of thiophene rings is 1. The van der Waals surface area contributed by atoms with Gasteiger partial charge in [-0.15, -0.1) is 11.3 Å². The zero-order chi connectivity index (χ0) is 11.8. The van der Waals surface area contributed by atoms with E-state index in [1.165, 1.54) is 11.3 Å². The highest BCUT2D eigenvalue weighted by molar-refractivity contribution is 7.17. The molecule has 0 unspecified atom stereocenters. The zero-order valence-electron chi connectivity index (χ0n) is 8.83. The molecule has 0 aliphatic heterocycles. The van der Waals surface area contributed by atoms with Crippen LogP contribution in [0, 0.1) is 0 Å². The van der Waals surface area contributed by atoms with Gasteiger partial charge in [-0.1, -0.05) is 6.07 Å². The summed E-state index contributed by atoms with van der Waals surface area (Å²) in [5.74, 6) is -0.393. The number of hydrogen-bond donors (Lipinski definition) is 1. The molecule has 3 heterocycles. The number of imidazole rings is 1. The minimum absolute atomic E-state index is 0.393. The highest BCUT2D eigenvalue weighted by Gasteiger charge is 2.10. The van der Waals surface area contributed by atoms with Crippen molar-refractivity contribution >= 4 is 22.9 Å². The third-order valence-corrected chi connectivity index (χ3v) is 3.64. The van der Waals surface area contributed by atoms with Gasteiger partial charge in [0.05, 0.1) is 21.6 Å². The Morgan fingerprint density at radius 2 is 2.18 bits per heavy atom. The van der Waals surface area contributed by atoms with Crippen LogP contribution in [0.2, 0.25) is 0 Å². The van der Waals surface area contributed by atoms with Crippen molar-refractivity contribution in [3.63, 3.8) is 0 Å². The molecular formula is C12H9N3OS. The second kappa shape index (κ2) is 3.71. The summed E-state index contributed by atoms with van der Waals surface area (Å²) in [6.07, 6.45) is 3.74. The number of pyridine rings is 1. The number of primary amides is 1. The molecule has 5 heteroatoms. The number of rotatable bonds is 2. The van der Waals surface area contributed by atoms with E-state index >= 15 is 0 Å². The van der Waals surface area contributed by atoms with E-state index in [9.17, 15) is 4.79 Å².